The summed E-state index contributed by atoms with van der Waals surface area (Å²) < 4.78 is 5.53. The third kappa shape index (κ3) is 5.13. The van der Waals surface area contributed by atoms with Crippen molar-refractivity contribution in [2.75, 3.05) is 6.61 Å². The Morgan fingerprint density at radius 1 is 1.15 bits per heavy atom. The number of carbonyl (C=O) groups excluding carboxylic acids is 2. The van der Waals surface area contributed by atoms with Gasteiger partial charge in [-0.25, -0.2) is 0 Å². The number of carbonyl (C=O) groups is 2. The van der Waals surface area contributed by atoms with Crippen LogP contribution in [-0.2, 0) is 14.3 Å². The summed E-state index contributed by atoms with van der Waals surface area (Å²) >= 11 is 0. The predicted molar refractivity (Wildman–Crippen MR) is 78.3 cm³/mol. The maximum absolute atomic E-state index is 11.8. The van der Waals surface area contributed by atoms with E-state index in [0.717, 1.165) is 5.56 Å². The molecule has 1 rings (SSSR count). The van der Waals surface area contributed by atoms with Gasteiger partial charge in [0.05, 0.1) is 12.1 Å². The first-order valence-electron chi connectivity index (χ1n) is 6.88. The Bertz CT molecular complexity index is 442. The summed E-state index contributed by atoms with van der Waals surface area (Å²) in [5.74, 6) is -0.228. The number of rotatable bonds is 7. The lowest BCUT2D eigenvalue weighted by Gasteiger charge is -2.20. The number of ketones is 1. The Morgan fingerprint density at radius 2 is 1.75 bits per heavy atom. The van der Waals surface area contributed by atoms with Crippen LogP contribution in [0.1, 0.15) is 39.4 Å². The van der Waals surface area contributed by atoms with E-state index in [1.165, 1.54) is 6.92 Å². The van der Waals surface area contributed by atoms with Crippen LogP contribution in [0.4, 0.5) is 0 Å². The van der Waals surface area contributed by atoms with Gasteiger partial charge in [0.1, 0.15) is 6.61 Å². The van der Waals surface area contributed by atoms with Crippen molar-refractivity contribution in [3.05, 3.63) is 35.9 Å². The van der Waals surface area contributed by atoms with Gasteiger partial charge in [0.15, 0.2) is 5.78 Å². The van der Waals surface area contributed by atoms with Crippen LogP contribution in [0.25, 0.3) is 0 Å². The Kier molecular flexibility index (Phi) is 6.39. The second-order valence-corrected chi connectivity index (χ2v) is 5.26. The molecule has 4 heteroatoms. The van der Waals surface area contributed by atoms with Gasteiger partial charge in [0.25, 0.3) is 0 Å². The van der Waals surface area contributed by atoms with Crippen LogP contribution in [0.2, 0.25) is 0 Å². The molecule has 0 aliphatic carbocycles. The third-order valence-corrected chi connectivity index (χ3v) is 3.15. The van der Waals surface area contributed by atoms with Crippen molar-refractivity contribution in [3.8, 4) is 0 Å². The fourth-order valence-corrected chi connectivity index (χ4v) is 1.97. The molecule has 0 spiro atoms. The van der Waals surface area contributed by atoms with Crippen molar-refractivity contribution >= 4 is 11.7 Å². The molecule has 2 atom stereocenters. The Labute approximate surface area is 120 Å². The molecule has 0 aliphatic rings. The van der Waals surface area contributed by atoms with E-state index in [1.54, 1.807) is 0 Å². The molecule has 1 aromatic rings. The summed E-state index contributed by atoms with van der Waals surface area (Å²) in [5, 5.41) is 2.71. The van der Waals surface area contributed by atoms with E-state index in [-0.39, 0.29) is 30.3 Å². The number of ether oxygens (including phenoxy) is 1. The highest BCUT2D eigenvalue weighted by Gasteiger charge is 2.20. The van der Waals surface area contributed by atoms with Gasteiger partial charge in [-0.05, 0) is 25.3 Å². The molecule has 0 heterocycles. The Balaban J connectivity index is 2.45. The standard InChI is InChI=1S/C16H23NO3/c1-11(2)16(12(3)18)17-15(19)10-20-13(4)14-8-6-5-7-9-14/h5-9,11,13,16H,10H2,1-4H3,(H,17,19). The van der Waals surface area contributed by atoms with E-state index < -0.39 is 6.04 Å². The molecule has 20 heavy (non-hydrogen) atoms. The van der Waals surface area contributed by atoms with Crippen molar-refractivity contribution in [1.29, 1.82) is 0 Å². The molecule has 0 fully saturated rings. The molecular weight excluding hydrogens is 254 g/mol. The maximum Gasteiger partial charge on any atom is 0.246 e. The van der Waals surface area contributed by atoms with Crippen molar-refractivity contribution in [1.82, 2.24) is 5.32 Å². The zero-order valence-electron chi connectivity index (χ0n) is 12.6. The smallest absolute Gasteiger partial charge is 0.246 e. The molecule has 110 valence electrons. The van der Waals surface area contributed by atoms with Gasteiger partial charge in [-0.2, -0.15) is 0 Å². The summed E-state index contributed by atoms with van der Waals surface area (Å²) in [6.07, 6.45) is -0.156. The number of hydrogen-bond donors (Lipinski definition) is 1. The van der Waals surface area contributed by atoms with Crippen molar-refractivity contribution in [2.24, 2.45) is 5.92 Å². The highest BCUT2D eigenvalue weighted by molar-refractivity contribution is 5.88. The Hall–Kier alpha value is -1.68. The van der Waals surface area contributed by atoms with Crippen LogP contribution >= 0.6 is 0 Å². The first-order chi connectivity index (χ1) is 9.41. The summed E-state index contributed by atoms with van der Waals surface area (Å²) in [6, 6.07) is 9.25. The van der Waals surface area contributed by atoms with E-state index in [1.807, 2.05) is 51.1 Å². The lowest BCUT2D eigenvalue weighted by Crippen LogP contribution is -2.44. The fourth-order valence-electron chi connectivity index (χ4n) is 1.97. The molecule has 1 amide bonds. The molecule has 0 aliphatic heterocycles. The van der Waals surface area contributed by atoms with E-state index in [2.05, 4.69) is 5.32 Å². The van der Waals surface area contributed by atoms with E-state index in [0.29, 0.717) is 0 Å². The predicted octanol–water partition coefficient (Wildman–Crippen LogP) is 2.49. The molecule has 1 N–H and O–H groups in total. The minimum Gasteiger partial charge on any atom is -0.364 e. The van der Waals surface area contributed by atoms with Crippen molar-refractivity contribution in [3.63, 3.8) is 0 Å². The van der Waals surface area contributed by atoms with Gasteiger partial charge < -0.3 is 10.1 Å². The summed E-state index contributed by atoms with van der Waals surface area (Å²) in [7, 11) is 0. The number of hydrogen-bond acceptors (Lipinski definition) is 3. The lowest BCUT2D eigenvalue weighted by molar-refractivity contribution is -0.132. The lowest BCUT2D eigenvalue weighted by atomic mass is 10.0. The highest BCUT2D eigenvalue weighted by Crippen LogP contribution is 2.15. The van der Waals surface area contributed by atoms with Gasteiger partial charge in [-0.1, -0.05) is 44.2 Å². The van der Waals surface area contributed by atoms with Gasteiger partial charge in [-0.15, -0.1) is 0 Å². The number of Topliss-reactive ketones (excluding diaryl/α,β-unsaturated/α-hetero) is 1. The van der Waals surface area contributed by atoms with Gasteiger partial charge in [0, 0.05) is 0 Å². The maximum atomic E-state index is 11.8. The molecule has 4 nitrogen and oxygen atoms in total. The number of amides is 1. The molecule has 0 saturated heterocycles. The molecule has 2 unspecified atom stereocenters. The van der Waals surface area contributed by atoms with Gasteiger partial charge in [-0.3, -0.25) is 9.59 Å². The van der Waals surface area contributed by atoms with E-state index in [4.69, 9.17) is 4.74 Å². The van der Waals surface area contributed by atoms with E-state index >= 15 is 0 Å². The second kappa shape index (κ2) is 7.80. The van der Waals surface area contributed by atoms with E-state index in [9.17, 15) is 9.59 Å². The quantitative estimate of drug-likeness (QED) is 0.833. The summed E-state index contributed by atoms with van der Waals surface area (Å²) in [5.41, 5.74) is 1.02. The van der Waals surface area contributed by atoms with Crippen molar-refractivity contribution in [2.45, 2.75) is 39.8 Å². The third-order valence-electron chi connectivity index (χ3n) is 3.15. The minimum absolute atomic E-state index is 0.0375. The first-order valence-corrected chi connectivity index (χ1v) is 6.88. The van der Waals surface area contributed by atoms with Gasteiger partial charge in [0.2, 0.25) is 5.91 Å². The largest absolute Gasteiger partial charge is 0.364 e. The monoisotopic (exact) mass is 277 g/mol. The van der Waals surface area contributed by atoms with Crippen LogP contribution in [0, 0.1) is 5.92 Å². The van der Waals surface area contributed by atoms with Crippen LogP contribution in [0.3, 0.4) is 0 Å². The van der Waals surface area contributed by atoms with Crippen LogP contribution in [0.5, 0.6) is 0 Å². The average Bonchev–Trinajstić information content (AvgIpc) is 2.42. The van der Waals surface area contributed by atoms with Crippen LogP contribution in [0.15, 0.2) is 30.3 Å². The number of nitrogens with one attached hydrogen (secondary N) is 1. The summed E-state index contributed by atoms with van der Waals surface area (Å²) in [4.78, 5) is 23.2. The molecule has 0 saturated carbocycles. The molecule has 0 bridgehead atoms. The molecule has 1 aromatic carbocycles. The van der Waals surface area contributed by atoms with Gasteiger partial charge >= 0.3 is 0 Å². The zero-order chi connectivity index (χ0) is 15.1. The molecular formula is C16H23NO3. The average molecular weight is 277 g/mol. The van der Waals surface area contributed by atoms with Crippen molar-refractivity contribution < 1.29 is 14.3 Å². The number of benzene rings is 1. The fraction of sp³-hybridized carbons (Fsp3) is 0.500. The highest BCUT2D eigenvalue weighted by atomic mass is 16.5. The molecule has 0 aromatic heterocycles. The first kappa shape index (κ1) is 16.4. The van der Waals surface area contributed by atoms with Crippen LogP contribution in [-0.4, -0.2) is 24.3 Å². The minimum atomic E-state index is -0.446. The Morgan fingerprint density at radius 3 is 2.25 bits per heavy atom. The SMILES string of the molecule is CC(=O)C(NC(=O)COC(C)c1ccccc1)C(C)C. The van der Waals surface area contributed by atoms with Crippen LogP contribution < -0.4 is 5.32 Å². The molecule has 0 radical (unpaired) electrons. The normalized spacial score (nSPS) is 13.8. The topological polar surface area (TPSA) is 55.4 Å². The second-order valence-electron chi connectivity index (χ2n) is 5.26. The summed E-state index contributed by atoms with van der Waals surface area (Å²) in [6.45, 7) is 7.14. The zero-order valence-corrected chi connectivity index (χ0v) is 12.6.